The van der Waals surface area contributed by atoms with Crippen LogP contribution in [0.15, 0.2) is 34.9 Å². The molecule has 122 valence electrons. The molecule has 0 atom stereocenters. The Kier molecular flexibility index (Phi) is 3.80. The molecule has 0 spiro atoms. The van der Waals surface area contributed by atoms with Crippen molar-refractivity contribution in [2.45, 2.75) is 20.4 Å². The van der Waals surface area contributed by atoms with Crippen LogP contribution in [0.4, 0.5) is 5.69 Å². The quantitative estimate of drug-likeness (QED) is 0.498. The van der Waals surface area contributed by atoms with Crippen LogP contribution in [0.3, 0.4) is 0 Å². The van der Waals surface area contributed by atoms with Gasteiger partial charge in [-0.2, -0.15) is 0 Å². The van der Waals surface area contributed by atoms with Gasteiger partial charge in [-0.05, 0) is 24.1 Å². The highest BCUT2D eigenvalue weighted by Gasteiger charge is 2.29. The number of nitrogen functional groups attached to an aromatic ring is 1. The van der Waals surface area contributed by atoms with Crippen LogP contribution < -0.4 is 11.0 Å². The molecule has 0 unspecified atom stereocenters. The molecule has 1 aromatic carbocycles. The Morgan fingerprint density at radius 3 is 2.74 bits per heavy atom. The van der Waals surface area contributed by atoms with Gasteiger partial charge in [0.2, 0.25) is 0 Å². The van der Waals surface area contributed by atoms with Crippen molar-refractivity contribution < 1.29 is 18.8 Å². The third kappa shape index (κ3) is 2.79. The van der Waals surface area contributed by atoms with Crippen LogP contribution in [-0.2, 0) is 11.1 Å². The van der Waals surface area contributed by atoms with Crippen LogP contribution in [0, 0.1) is 5.92 Å². The second kappa shape index (κ2) is 5.53. The highest BCUT2D eigenvalue weighted by molar-refractivity contribution is 7.60. The maximum absolute atomic E-state index is 11.7. The Labute approximate surface area is 132 Å². The average Bonchev–Trinajstić information content (AvgIpc) is 3.03. The molecule has 0 aliphatic heterocycles. The molecule has 0 aliphatic rings. The third-order valence-electron chi connectivity index (χ3n) is 3.52. The highest BCUT2D eigenvalue weighted by atomic mass is 31.2. The fourth-order valence-corrected chi connectivity index (χ4v) is 3.26. The molecule has 0 amide bonds. The number of benzene rings is 1. The van der Waals surface area contributed by atoms with Crippen LogP contribution in [0.25, 0.3) is 22.6 Å². The van der Waals surface area contributed by atoms with Crippen molar-refractivity contribution in [3.63, 3.8) is 0 Å². The molecule has 2 aromatic heterocycles. The lowest BCUT2D eigenvalue weighted by Crippen LogP contribution is -2.10. The van der Waals surface area contributed by atoms with Gasteiger partial charge in [0, 0.05) is 6.54 Å². The molecule has 0 aliphatic carbocycles. The summed E-state index contributed by atoms with van der Waals surface area (Å²) in [7, 11) is -4.46. The minimum absolute atomic E-state index is 0.0783. The van der Waals surface area contributed by atoms with E-state index in [2.05, 4.69) is 4.98 Å². The molecule has 0 saturated carbocycles. The number of aromatic nitrogens is 2. The smallest absolute Gasteiger partial charge is 0.360 e. The number of nitrogens with two attached hydrogens (primary N) is 1. The molecule has 2 heterocycles. The van der Waals surface area contributed by atoms with E-state index in [-0.39, 0.29) is 11.1 Å². The van der Waals surface area contributed by atoms with Crippen molar-refractivity contribution in [2.24, 2.45) is 5.92 Å². The largest absolute Gasteiger partial charge is 0.460 e. The van der Waals surface area contributed by atoms with Gasteiger partial charge in [0.1, 0.15) is 10.8 Å². The van der Waals surface area contributed by atoms with E-state index in [1.807, 2.05) is 30.5 Å². The van der Waals surface area contributed by atoms with Gasteiger partial charge in [-0.3, -0.25) is 4.57 Å². The Morgan fingerprint density at radius 2 is 2.09 bits per heavy atom. The zero-order valence-electron chi connectivity index (χ0n) is 12.8. The predicted molar refractivity (Wildman–Crippen MR) is 88.4 cm³/mol. The van der Waals surface area contributed by atoms with Gasteiger partial charge in [-0.25, -0.2) is 4.98 Å². The van der Waals surface area contributed by atoms with Gasteiger partial charge in [0.15, 0.2) is 11.6 Å². The summed E-state index contributed by atoms with van der Waals surface area (Å²) in [4.78, 5) is 23.5. The number of para-hydroxylation sites is 1. The van der Waals surface area contributed by atoms with E-state index in [0.717, 1.165) is 5.52 Å². The molecule has 23 heavy (non-hydrogen) atoms. The van der Waals surface area contributed by atoms with E-state index in [9.17, 15) is 14.4 Å². The molecular weight excluding hydrogens is 317 g/mol. The van der Waals surface area contributed by atoms with Crippen molar-refractivity contribution >= 4 is 29.6 Å². The standard InChI is InChI=1S/C15H18N3O4P/c1-9(2)8-18-11-5-3-4-10(16)13(11)17-15(18)14-12(6-7-22-14)23(19,20)21/h3-7,9H,8,16H2,1-2H3,(H2,19,20,21). The van der Waals surface area contributed by atoms with E-state index in [0.29, 0.717) is 29.5 Å². The average molecular weight is 335 g/mol. The first-order valence-corrected chi connectivity index (χ1v) is 8.79. The van der Waals surface area contributed by atoms with Crippen LogP contribution in [0.1, 0.15) is 13.8 Å². The second-order valence-electron chi connectivity index (χ2n) is 5.83. The van der Waals surface area contributed by atoms with Gasteiger partial charge in [0.25, 0.3) is 0 Å². The van der Waals surface area contributed by atoms with Gasteiger partial charge < -0.3 is 24.5 Å². The number of imidazole rings is 1. The molecule has 3 rings (SSSR count). The van der Waals surface area contributed by atoms with Crippen molar-refractivity contribution in [3.8, 4) is 11.6 Å². The number of fused-ring (bicyclic) bond motifs is 1. The van der Waals surface area contributed by atoms with Gasteiger partial charge >= 0.3 is 7.60 Å². The van der Waals surface area contributed by atoms with Gasteiger partial charge in [-0.1, -0.05) is 19.9 Å². The second-order valence-corrected chi connectivity index (χ2v) is 7.40. The van der Waals surface area contributed by atoms with E-state index >= 15 is 0 Å². The summed E-state index contributed by atoms with van der Waals surface area (Å²) in [6, 6.07) is 6.72. The maximum atomic E-state index is 11.7. The molecule has 0 bridgehead atoms. The van der Waals surface area contributed by atoms with Crippen molar-refractivity contribution in [1.82, 2.24) is 9.55 Å². The summed E-state index contributed by atoms with van der Waals surface area (Å²) in [6.45, 7) is 4.72. The lowest BCUT2D eigenvalue weighted by atomic mass is 10.2. The number of rotatable bonds is 4. The summed E-state index contributed by atoms with van der Waals surface area (Å²) in [6.07, 6.45) is 1.26. The van der Waals surface area contributed by atoms with Crippen LogP contribution in [0.2, 0.25) is 0 Å². The summed E-state index contributed by atoms with van der Waals surface area (Å²) in [5, 5.41) is -0.170. The van der Waals surface area contributed by atoms with E-state index in [1.54, 1.807) is 6.07 Å². The molecule has 7 nitrogen and oxygen atoms in total. The molecule has 3 aromatic rings. The first-order chi connectivity index (χ1) is 10.8. The first kappa shape index (κ1) is 15.8. The lowest BCUT2D eigenvalue weighted by Gasteiger charge is -2.11. The number of anilines is 1. The topological polar surface area (TPSA) is 115 Å². The summed E-state index contributed by atoms with van der Waals surface area (Å²) < 4.78 is 18.9. The minimum Gasteiger partial charge on any atom is -0.460 e. The molecule has 0 radical (unpaired) electrons. The molecule has 0 fully saturated rings. The van der Waals surface area contributed by atoms with E-state index < -0.39 is 7.60 Å². The summed E-state index contributed by atoms with van der Waals surface area (Å²) in [5.41, 5.74) is 7.90. The summed E-state index contributed by atoms with van der Waals surface area (Å²) >= 11 is 0. The Hall–Kier alpha value is -2.08. The Bertz CT molecular complexity index is 907. The van der Waals surface area contributed by atoms with E-state index in [4.69, 9.17) is 10.2 Å². The molecule has 0 saturated heterocycles. The summed E-state index contributed by atoms with van der Waals surface area (Å²) in [5.74, 6) is 0.755. The van der Waals surface area contributed by atoms with Crippen molar-refractivity contribution in [3.05, 3.63) is 30.5 Å². The van der Waals surface area contributed by atoms with Gasteiger partial charge in [-0.15, -0.1) is 0 Å². The maximum Gasteiger partial charge on any atom is 0.360 e. The van der Waals surface area contributed by atoms with E-state index in [1.165, 1.54) is 12.3 Å². The predicted octanol–water partition coefficient (Wildman–Crippen LogP) is 2.34. The number of furan rings is 1. The monoisotopic (exact) mass is 335 g/mol. The number of hydrogen-bond acceptors (Lipinski definition) is 4. The SMILES string of the molecule is CC(C)Cn1c(-c2occc2P(=O)(O)O)nc2c(N)cccc21. The van der Waals surface area contributed by atoms with Crippen LogP contribution >= 0.6 is 7.60 Å². The molecule has 4 N–H and O–H groups in total. The molecular formula is C15H18N3O4P. The Morgan fingerprint density at radius 1 is 1.35 bits per heavy atom. The zero-order valence-corrected chi connectivity index (χ0v) is 13.7. The van der Waals surface area contributed by atoms with Gasteiger partial charge in [0.05, 0.1) is 17.5 Å². The zero-order chi connectivity index (χ0) is 16.8. The lowest BCUT2D eigenvalue weighted by molar-refractivity contribution is 0.387. The fourth-order valence-electron chi connectivity index (χ4n) is 2.59. The highest BCUT2D eigenvalue weighted by Crippen LogP contribution is 2.39. The van der Waals surface area contributed by atoms with Crippen LogP contribution in [0.5, 0.6) is 0 Å². The normalized spacial score (nSPS) is 12.4. The Balaban J connectivity index is 2.31. The first-order valence-electron chi connectivity index (χ1n) is 7.17. The number of nitrogens with zero attached hydrogens (tertiary/aromatic N) is 2. The third-order valence-corrected chi connectivity index (χ3v) is 4.50. The minimum atomic E-state index is -4.46. The molecule has 8 heteroatoms. The van der Waals surface area contributed by atoms with Crippen molar-refractivity contribution in [1.29, 1.82) is 0 Å². The number of hydrogen-bond donors (Lipinski definition) is 3. The van der Waals surface area contributed by atoms with Crippen LogP contribution in [-0.4, -0.2) is 19.3 Å². The fraction of sp³-hybridized carbons (Fsp3) is 0.267. The van der Waals surface area contributed by atoms with Crippen molar-refractivity contribution in [2.75, 3.05) is 5.73 Å².